The van der Waals surface area contributed by atoms with Gasteiger partial charge in [-0.15, -0.1) is 0 Å². The summed E-state index contributed by atoms with van der Waals surface area (Å²) in [5.74, 6) is 1.65. The molecule has 0 saturated carbocycles. The first-order valence-corrected chi connectivity index (χ1v) is 8.07. The van der Waals surface area contributed by atoms with Gasteiger partial charge >= 0.3 is 0 Å². The van der Waals surface area contributed by atoms with E-state index in [2.05, 4.69) is 15.5 Å². The van der Waals surface area contributed by atoms with E-state index < -0.39 is 0 Å². The molecular formula is C19H19N3O3. The second-order valence-corrected chi connectivity index (χ2v) is 5.48. The standard InChI is InChI=1S/C19H19N3O3/c1-24-16-11-6-5-10-15(16)19-21-18(25-22-19)13-7-12-17(23)20-14-8-3-2-4-9-14/h2-6,8-11H,7,12-13H2,1H3,(H,20,23). The van der Waals surface area contributed by atoms with Crippen LogP contribution in [-0.4, -0.2) is 23.2 Å². The van der Waals surface area contributed by atoms with Crippen LogP contribution >= 0.6 is 0 Å². The van der Waals surface area contributed by atoms with Crippen molar-refractivity contribution in [3.63, 3.8) is 0 Å². The van der Waals surface area contributed by atoms with Gasteiger partial charge in [0.05, 0.1) is 12.7 Å². The Labute approximate surface area is 145 Å². The summed E-state index contributed by atoms with van der Waals surface area (Å²) in [5, 5.41) is 6.85. The number of para-hydroxylation sites is 2. The Bertz CT molecular complexity index is 831. The lowest BCUT2D eigenvalue weighted by Gasteiger charge is -2.03. The van der Waals surface area contributed by atoms with Gasteiger partial charge in [-0.3, -0.25) is 4.79 Å². The molecule has 1 aromatic heterocycles. The molecule has 128 valence electrons. The number of benzene rings is 2. The molecule has 1 amide bonds. The second-order valence-electron chi connectivity index (χ2n) is 5.48. The maximum absolute atomic E-state index is 11.9. The fourth-order valence-electron chi connectivity index (χ4n) is 2.44. The van der Waals surface area contributed by atoms with Crippen molar-refractivity contribution in [1.29, 1.82) is 0 Å². The monoisotopic (exact) mass is 337 g/mol. The van der Waals surface area contributed by atoms with Gasteiger partial charge in [-0.05, 0) is 30.7 Å². The Balaban J connectivity index is 1.53. The number of anilines is 1. The lowest BCUT2D eigenvalue weighted by atomic mass is 10.2. The Morgan fingerprint density at radius 3 is 2.68 bits per heavy atom. The predicted octanol–water partition coefficient (Wildman–Crippen LogP) is 3.71. The van der Waals surface area contributed by atoms with E-state index in [-0.39, 0.29) is 5.91 Å². The summed E-state index contributed by atoms with van der Waals surface area (Å²) in [6.07, 6.45) is 1.57. The van der Waals surface area contributed by atoms with E-state index in [0.717, 1.165) is 11.3 Å². The third kappa shape index (κ3) is 4.44. The van der Waals surface area contributed by atoms with Crippen LogP contribution in [0.5, 0.6) is 5.75 Å². The Morgan fingerprint density at radius 2 is 1.88 bits per heavy atom. The van der Waals surface area contributed by atoms with E-state index in [1.165, 1.54) is 0 Å². The zero-order valence-corrected chi connectivity index (χ0v) is 13.9. The summed E-state index contributed by atoms with van der Waals surface area (Å²) in [6, 6.07) is 16.9. The van der Waals surface area contributed by atoms with E-state index >= 15 is 0 Å². The molecule has 6 heteroatoms. The summed E-state index contributed by atoms with van der Waals surface area (Å²) in [5.41, 5.74) is 1.57. The van der Waals surface area contributed by atoms with E-state index in [0.29, 0.717) is 36.7 Å². The van der Waals surface area contributed by atoms with Gasteiger partial charge in [-0.2, -0.15) is 4.98 Å². The average Bonchev–Trinajstić information content (AvgIpc) is 3.11. The molecule has 6 nitrogen and oxygen atoms in total. The lowest BCUT2D eigenvalue weighted by molar-refractivity contribution is -0.116. The number of rotatable bonds is 7. The molecule has 3 rings (SSSR count). The Morgan fingerprint density at radius 1 is 1.12 bits per heavy atom. The molecule has 25 heavy (non-hydrogen) atoms. The van der Waals surface area contributed by atoms with Gasteiger partial charge in [-0.25, -0.2) is 0 Å². The largest absolute Gasteiger partial charge is 0.496 e. The summed E-state index contributed by atoms with van der Waals surface area (Å²) >= 11 is 0. The number of carbonyl (C=O) groups excluding carboxylic acids is 1. The van der Waals surface area contributed by atoms with Gasteiger partial charge in [-0.1, -0.05) is 35.5 Å². The van der Waals surface area contributed by atoms with Gasteiger partial charge in [0.25, 0.3) is 0 Å². The molecule has 3 aromatic rings. The van der Waals surface area contributed by atoms with Crippen molar-refractivity contribution in [2.45, 2.75) is 19.3 Å². The first-order chi connectivity index (χ1) is 12.3. The number of hydrogen-bond donors (Lipinski definition) is 1. The first-order valence-electron chi connectivity index (χ1n) is 8.07. The number of aryl methyl sites for hydroxylation is 1. The SMILES string of the molecule is COc1ccccc1-c1noc(CCCC(=O)Nc2ccccc2)n1. The molecule has 1 N–H and O–H groups in total. The number of ether oxygens (including phenoxy) is 1. The van der Waals surface area contributed by atoms with E-state index in [1.54, 1.807) is 7.11 Å². The fourth-order valence-corrected chi connectivity index (χ4v) is 2.44. The topological polar surface area (TPSA) is 77.2 Å². The highest BCUT2D eigenvalue weighted by molar-refractivity contribution is 5.90. The maximum atomic E-state index is 11.9. The van der Waals surface area contributed by atoms with Crippen LogP contribution in [0.1, 0.15) is 18.7 Å². The average molecular weight is 337 g/mol. The molecule has 0 spiro atoms. The molecule has 1 heterocycles. The summed E-state index contributed by atoms with van der Waals surface area (Å²) in [4.78, 5) is 16.3. The van der Waals surface area contributed by atoms with Crippen LogP contribution in [0.3, 0.4) is 0 Å². The molecule has 0 aliphatic heterocycles. The summed E-state index contributed by atoms with van der Waals surface area (Å²) in [6.45, 7) is 0. The number of methoxy groups -OCH3 is 1. The number of nitrogens with one attached hydrogen (secondary N) is 1. The smallest absolute Gasteiger partial charge is 0.226 e. The van der Waals surface area contributed by atoms with Crippen LogP contribution in [0, 0.1) is 0 Å². The predicted molar refractivity (Wildman–Crippen MR) is 94.3 cm³/mol. The Kier molecular flexibility index (Phi) is 5.41. The van der Waals surface area contributed by atoms with Gasteiger partial charge in [0.1, 0.15) is 5.75 Å². The lowest BCUT2D eigenvalue weighted by Crippen LogP contribution is -2.11. The zero-order valence-electron chi connectivity index (χ0n) is 13.9. The van der Waals surface area contributed by atoms with Crippen LogP contribution in [0.25, 0.3) is 11.4 Å². The number of hydrogen-bond acceptors (Lipinski definition) is 5. The molecule has 0 aliphatic carbocycles. The Hall–Kier alpha value is -3.15. The van der Waals surface area contributed by atoms with Crippen LogP contribution < -0.4 is 10.1 Å². The van der Waals surface area contributed by atoms with Crippen LogP contribution in [0.2, 0.25) is 0 Å². The molecule has 0 atom stereocenters. The second kappa shape index (κ2) is 8.10. The highest BCUT2D eigenvalue weighted by atomic mass is 16.5. The third-order valence-corrected chi connectivity index (χ3v) is 3.67. The highest BCUT2D eigenvalue weighted by Gasteiger charge is 2.13. The molecule has 0 unspecified atom stereocenters. The normalized spacial score (nSPS) is 10.4. The molecule has 0 saturated heterocycles. The zero-order chi connectivity index (χ0) is 17.5. The van der Waals surface area contributed by atoms with Gasteiger partial charge < -0.3 is 14.6 Å². The maximum Gasteiger partial charge on any atom is 0.226 e. The van der Waals surface area contributed by atoms with Crippen LogP contribution in [0.15, 0.2) is 59.1 Å². The molecule has 0 aliphatic rings. The number of carbonyl (C=O) groups is 1. The minimum atomic E-state index is -0.0318. The minimum absolute atomic E-state index is 0.0318. The molecular weight excluding hydrogens is 318 g/mol. The van der Waals surface area contributed by atoms with Crippen molar-refractivity contribution in [2.24, 2.45) is 0 Å². The van der Waals surface area contributed by atoms with Gasteiger partial charge in [0.15, 0.2) is 0 Å². The van der Waals surface area contributed by atoms with E-state index in [1.807, 2.05) is 54.6 Å². The highest BCUT2D eigenvalue weighted by Crippen LogP contribution is 2.27. The fraction of sp³-hybridized carbons (Fsp3) is 0.211. The molecule has 0 fully saturated rings. The van der Waals surface area contributed by atoms with Crippen molar-refractivity contribution in [1.82, 2.24) is 10.1 Å². The van der Waals surface area contributed by atoms with E-state index in [4.69, 9.17) is 9.26 Å². The van der Waals surface area contributed by atoms with Crippen LogP contribution in [-0.2, 0) is 11.2 Å². The molecule has 0 bridgehead atoms. The minimum Gasteiger partial charge on any atom is -0.496 e. The van der Waals surface area contributed by atoms with E-state index in [9.17, 15) is 4.79 Å². The van der Waals surface area contributed by atoms with Crippen molar-refractivity contribution in [3.05, 3.63) is 60.5 Å². The van der Waals surface area contributed by atoms with Crippen molar-refractivity contribution in [2.75, 3.05) is 12.4 Å². The third-order valence-electron chi connectivity index (χ3n) is 3.67. The van der Waals surface area contributed by atoms with Crippen molar-refractivity contribution < 1.29 is 14.1 Å². The first kappa shape index (κ1) is 16.7. The number of amides is 1. The summed E-state index contributed by atoms with van der Waals surface area (Å²) in [7, 11) is 1.60. The van der Waals surface area contributed by atoms with Gasteiger partial charge in [0, 0.05) is 18.5 Å². The number of aromatic nitrogens is 2. The molecule has 0 radical (unpaired) electrons. The van der Waals surface area contributed by atoms with Gasteiger partial charge in [0.2, 0.25) is 17.6 Å². The quantitative estimate of drug-likeness (QED) is 0.711. The summed E-state index contributed by atoms with van der Waals surface area (Å²) < 4.78 is 10.6. The van der Waals surface area contributed by atoms with Crippen molar-refractivity contribution in [3.8, 4) is 17.1 Å². The van der Waals surface area contributed by atoms with Crippen molar-refractivity contribution >= 4 is 11.6 Å². The number of nitrogens with zero attached hydrogens (tertiary/aromatic N) is 2. The molecule has 2 aromatic carbocycles. The van der Waals surface area contributed by atoms with Crippen LogP contribution in [0.4, 0.5) is 5.69 Å².